The first-order chi connectivity index (χ1) is 6.68. The van der Waals surface area contributed by atoms with E-state index in [4.69, 9.17) is 5.11 Å². The van der Waals surface area contributed by atoms with Crippen LogP contribution in [0.15, 0.2) is 6.07 Å². The second kappa shape index (κ2) is 3.42. The molecule has 5 nitrogen and oxygen atoms in total. The van der Waals surface area contributed by atoms with Crippen molar-refractivity contribution in [3.8, 4) is 0 Å². The van der Waals surface area contributed by atoms with Gasteiger partial charge in [0.1, 0.15) is 0 Å². The van der Waals surface area contributed by atoms with E-state index in [1.807, 2.05) is 7.05 Å². The lowest BCUT2D eigenvalue weighted by atomic mass is 10.1. The summed E-state index contributed by atoms with van der Waals surface area (Å²) >= 11 is 0. The summed E-state index contributed by atoms with van der Waals surface area (Å²) in [6.07, 6.45) is 2.22. The number of rotatable bonds is 2. The molecule has 1 aliphatic heterocycles. The first kappa shape index (κ1) is 9.21. The van der Waals surface area contributed by atoms with Crippen LogP contribution in [0, 0.1) is 0 Å². The van der Waals surface area contributed by atoms with Crippen molar-refractivity contribution in [2.24, 2.45) is 0 Å². The molecule has 2 rings (SSSR count). The Kier molecular flexibility index (Phi) is 2.25. The summed E-state index contributed by atoms with van der Waals surface area (Å²) in [5.74, 6) is -0.979. The number of hydrogen-bond donors (Lipinski definition) is 2. The van der Waals surface area contributed by atoms with Crippen LogP contribution >= 0.6 is 0 Å². The Morgan fingerprint density at radius 1 is 1.79 bits per heavy atom. The van der Waals surface area contributed by atoms with Crippen molar-refractivity contribution in [2.45, 2.75) is 18.9 Å². The number of aromatic carboxylic acids is 1. The molecule has 0 amide bonds. The summed E-state index contributed by atoms with van der Waals surface area (Å²) in [4.78, 5) is 12.8. The Morgan fingerprint density at radius 2 is 2.57 bits per heavy atom. The quantitative estimate of drug-likeness (QED) is 0.734. The molecule has 1 unspecified atom stereocenters. The maximum absolute atomic E-state index is 10.6. The highest BCUT2D eigenvalue weighted by Gasteiger charge is 2.24. The lowest BCUT2D eigenvalue weighted by molar-refractivity contribution is 0.0690. The summed E-state index contributed by atoms with van der Waals surface area (Å²) in [5, 5.41) is 15.2. The molecular formula is C9H13N3O2. The van der Waals surface area contributed by atoms with Gasteiger partial charge in [0.05, 0.1) is 11.7 Å². The van der Waals surface area contributed by atoms with Crippen molar-refractivity contribution in [2.75, 3.05) is 13.6 Å². The number of likely N-dealkylation sites (tertiary alicyclic amines) is 1. The van der Waals surface area contributed by atoms with Gasteiger partial charge in [0.25, 0.3) is 0 Å². The first-order valence-electron chi connectivity index (χ1n) is 4.67. The Hall–Kier alpha value is -1.36. The Morgan fingerprint density at radius 3 is 3.07 bits per heavy atom. The van der Waals surface area contributed by atoms with E-state index in [1.165, 1.54) is 0 Å². The number of aromatic amines is 1. The fourth-order valence-corrected chi connectivity index (χ4v) is 1.92. The number of H-pyrrole nitrogens is 1. The van der Waals surface area contributed by atoms with Gasteiger partial charge in [-0.25, -0.2) is 4.79 Å². The molecule has 1 aromatic heterocycles. The van der Waals surface area contributed by atoms with Gasteiger partial charge < -0.3 is 5.11 Å². The van der Waals surface area contributed by atoms with Gasteiger partial charge in [-0.05, 0) is 32.5 Å². The molecule has 0 bridgehead atoms. The van der Waals surface area contributed by atoms with E-state index in [9.17, 15) is 4.79 Å². The molecule has 1 aliphatic rings. The molecule has 1 saturated heterocycles. The number of carboxylic acid groups (broad SMARTS) is 1. The lowest BCUT2D eigenvalue weighted by Crippen LogP contribution is -2.17. The maximum atomic E-state index is 10.6. The normalized spacial score (nSPS) is 22.8. The van der Waals surface area contributed by atoms with Gasteiger partial charge in [-0.3, -0.25) is 10.00 Å². The van der Waals surface area contributed by atoms with Gasteiger partial charge in [-0.1, -0.05) is 0 Å². The maximum Gasteiger partial charge on any atom is 0.356 e. The summed E-state index contributed by atoms with van der Waals surface area (Å²) in [6.45, 7) is 1.06. The number of carboxylic acids is 1. The van der Waals surface area contributed by atoms with Crippen LogP contribution in [0.2, 0.25) is 0 Å². The zero-order chi connectivity index (χ0) is 10.1. The predicted octanol–water partition coefficient (Wildman–Crippen LogP) is 0.875. The highest BCUT2D eigenvalue weighted by Crippen LogP contribution is 2.28. The van der Waals surface area contributed by atoms with Gasteiger partial charge in [-0.15, -0.1) is 0 Å². The minimum atomic E-state index is -0.979. The predicted molar refractivity (Wildman–Crippen MR) is 50.2 cm³/mol. The third-order valence-corrected chi connectivity index (χ3v) is 2.70. The van der Waals surface area contributed by atoms with Gasteiger partial charge in [-0.2, -0.15) is 5.10 Å². The second-order valence-corrected chi connectivity index (χ2v) is 3.65. The lowest BCUT2D eigenvalue weighted by Gasteiger charge is -2.16. The van der Waals surface area contributed by atoms with Crippen LogP contribution in [-0.2, 0) is 0 Å². The first-order valence-corrected chi connectivity index (χ1v) is 4.67. The number of nitrogens with one attached hydrogen (secondary N) is 1. The zero-order valence-electron chi connectivity index (χ0n) is 8.03. The van der Waals surface area contributed by atoms with Crippen molar-refractivity contribution in [3.63, 3.8) is 0 Å². The zero-order valence-corrected chi connectivity index (χ0v) is 8.03. The summed E-state index contributed by atoms with van der Waals surface area (Å²) in [5.41, 5.74) is 1.00. The van der Waals surface area contributed by atoms with Gasteiger partial charge >= 0.3 is 5.97 Å². The average molecular weight is 195 g/mol. The monoisotopic (exact) mass is 195 g/mol. The molecule has 0 radical (unpaired) electrons. The van der Waals surface area contributed by atoms with Gasteiger partial charge in [0.15, 0.2) is 5.69 Å². The van der Waals surface area contributed by atoms with Crippen LogP contribution in [0.4, 0.5) is 0 Å². The molecular weight excluding hydrogens is 182 g/mol. The van der Waals surface area contributed by atoms with Crippen molar-refractivity contribution >= 4 is 5.97 Å². The fraction of sp³-hybridized carbons (Fsp3) is 0.556. The van der Waals surface area contributed by atoms with E-state index in [2.05, 4.69) is 15.1 Å². The SMILES string of the molecule is CN1CCCC1c1cc(C(=O)O)n[nH]1. The van der Waals surface area contributed by atoms with Crippen LogP contribution in [0.3, 0.4) is 0 Å². The van der Waals surface area contributed by atoms with Crippen LogP contribution in [0.1, 0.15) is 35.1 Å². The van der Waals surface area contributed by atoms with Crippen LogP contribution in [0.5, 0.6) is 0 Å². The summed E-state index contributed by atoms with van der Waals surface area (Å²) in [6, 6.07) is 1.92. The highest BCUT2D eigenvalue weighted by atomic mass is 16.4. The summed E-state index contributed by atoms with van der Waals surface area (Å²) < 4.78 is 0. The molecule has 1 aromatic rings. The molecule has 5 heteroatoms. The highest BCUT2D eigenvalue weighted by molar-refractivity contribution is 5.85. The van der Waals surface area contributed by atoms with Gasteiger partial charge in [0, 0.05) is 0 Å². The number of carbonyl (C=O) groups is 1. The third kappa shape index (κ3) is 1.50. The minimum Gasteiger partial charge on any atom is -0.476 e. The van der Waals surface area contributed by atoms with Crippen LogP contribution < -0.4 is 0 Å². The Labute approximate surface area is 81.7 Å². The molecule has 0 aromatic carbocycles. The molecule has 76 valence electrons. The molecule has 0 spiro atoms. The summed E-state index contributed by atoms with van der Waals surface area (Å²) in [7, 11) is 2.04. The van der Waals surface area contributed by atoms with Crippen molar-refractivity contribution in [3.05, 3.63) is 17.5 Å². The van der Waals surface area contributed by atoms with Crippen LogP contribution in [0.25, 0.3) is 0 Å². The third-order valence-electron chi connectivity index (χ3n) is 2.70. The molecule has 1 atom stereocenters. The number of nitrogens with zero attached hydrogens (tertiary/aromatic N) is 2. The van der Waals surface area contributed by atoms with Crippen molar-refractivity contribution in [1.82, 2.24) is 15.1 Å². The fourth-order valence-electron chi connectivity index (χ4n) is 1.92. The second-order valence-electron chi connectivity index (χ2n) is 3.65. The Bertz CT molecular complexity index is 348. The van der Waals surface area contributed by atoms with Crippen molar-refractivity contribution < 1.29 is 9.90 Å². The number of hydrogen-bond acceptors (Lipinski definition) is 3. The molecule has 14 heavy (non-hydrogen) atoms. The van der Waals surface area contributed by atoms with E-state index >= 15 is 0 Å². The minimum absolute atomic E-state index is 0.0975. The molecule has 2 heterocycles. The van der Waals surface area contributed by atoms with Crippen LogP contribution in [-0.4, -0.2) is 39.8 Å². The molecule has 2 N–H and O–H groups in total. The average Bonchev–Trinajstić information content (AvgIpc) is 2.71. The van der Waals surface area contributed by atoms with E-state index in [1.54, 1.807) is 6.07 Å². The standard InChI is InChI=1S/C9H13N3O2/c1-12-4-2-3-8(12)6-5-7(9(13)14)11-10-6/h5,8H,2-4H2,1H3,(H,10,11)(H,13,14). The molecule has 1 fully saturated rings. The van der Waals surface area contributed by atoms with Gasteiger partial charge in [0.2, 0.25) is 0 Å². The topological polar surface area (TPSA) is 69.2 Å². The molecule has 0 aliphatic carbocycles. The van der Waals surface area contributed by atoms with E-state index in [-0.39, 0.29) is 5.69 Å². The van der Waals surface area contributed by atoms with Crippen molar-refractivity contribution in [1.29, 1.82) is 0 Å². The Balaban J connectivity index is 2.20. The smallest absolute Gasteiger partial charge is 0.356 e. The van der Waals surface area contributed by atoms with E-state index in [0.717, 1.165) is 25.1 Å². The number of aromatic nitrogens is 2. The van der Waals surface area contributed by atoms with E-state index < -0.39 is 5.97 Å². The largest absolute Gasteiger partial charge is 0.476 e. The van der Waals surface area contributed by atoms with E-state index in [0.29, 0.717) is 6.04 Å². The molecule has 0 saturated carbocycles.